The Bertz CT molecular complexity index is 369. The smallest absolute Gasteiger partial charge is 0.165 e. The summed E-state index contributed by atoms with van der Waals surface area (Å²) in [7, 11) is 5.10. The predicted octanol–water partition coefficient (Wildman–Crippen LogP) is 0.710. The van der Waals surface area contributed by atoms with E-state index in [9.17, 15) is 0 Å². The lowest BCUT2D eigenvalue weighted by atomic mass is 10.1. The number of hydrogen-bond acceptors (Lipinski definition) is 5. The highest BCUT2D eigenvalue weighted by atomic mass is 16.5. The fourth-order valence-corrected chi connectivity index (χ4v) is 1.72. The van der Waals surface area contributed by atoms with E-state index in [1.165, 1.54) is 0 Å². The molecule has 5 nitrogen and oxygen atoms in total. The summed E-state index contributed by atoms with van der Waals surface area (Å²) in [6, 6.07) is 3.59. The van der Waals surface area contributed by atoms with E-state index in [4.69, 9.17) is 20.3 Å². The molecule has 0 radical (unpaired) electrons. The molecule has 0 amide bonds. The first-order valence-corrected chi connectivity index (χ1v) is 5.42. The number of nitrogens with two attached hydrogens (primary N) is 1. The van der Waals surface area contributed by atoms with Crippen LogP contribution in [-0.2, 0) is 6.54 Å². The van der Waals surface area contributed by atoms with Crippen molar-refractivity contribution in [3.63, 3.8) is 0 Å². The van der Waals surface area contributed by atoms with Crippen LogP contribution in [0.1, 0.15) is 5.56 Å². The highest BCUT2D eigenvalue weighted by Crippen LogP contribution is 2.34. The fraction of sp³-hybridized carbons (Fsp3) is 0.500. The molecule has 0 bridgehead atoms. The maximum Gasteiger partial charge on any atom is 0.165 e. The van der Waals surface area contributed by atoms with Crippen molar-refractivity contribution in [3.05, 3.63) is 17.7 Å². The maximum absolute atomic E-state index is 8.87. The topological polar surface area (TPSA) is 68.0 Å². The number of aliphatic hydroxyl groups excluding tert-OH is 1. The van der Waals surface area contributed by atoms with Crippen molar-refractivity contribution in [2.75, 3.05) is 40.2 Å². The van der Waals surface area contributed by atoms with Crippen LogP contribution in [-0.4, -0.2) is 44.4 Å². The van der Waals surface area contributed by atoms with Crippen molar-refractivity contribution >= 4 is 5.69 Å². The molecule has 0 atom stereocenters. The van der Waals surface area contributed by atoms with Crippen LogP contribution in [0.3, 0.4) is 0 Å². The van der Waals surface area contributed by atoms with Crippen LogP contribution >= 0.6 is 0 Å². The van der Waals surface area contributed by atoms with Crippen LogP contribution < -0.4 is 15.2 Å². The molecule has 0 saturated heterocycles. The summed E-state index contributed by atoms with van der Waals surface area (Å²) in [4.78, 5) is 1.98. The molecule has 0 unspecified atom stereocenters. The molecule has 0 fully saturated rings. The van der Waals surface area contributed by atoms with E-state index in [1.807, 2.05) is 18.0 Å². The summed E-state index contributed by atoms with van der Waals surface area (Å²) in [6.45, 7) is 1.36. The minimum absolute atomic E-state index is 0.123. The van der Waals surface area contributed by atoms with Gasteiger partial charge < -0.3 is 20.3 Å². The molecule has 96 valence electrons. The summed E-state index contributed by atoms with van der Waals surface area (Å²) in [6.07, 6.45) is 0. The molecule has 17 heavy (non-hydrogen) atoms. The van der Waals surface area contributed by atoms with E-state index in [0.29, 0.717) is 30.3 Å². The summed E-state index contributed by atoms with van der Waals surface area (Å²) in [5.74, 6) is 1.31. The second-order valence-corrected chi connectivity index (χ2v) is 3.88. The average molecular weight is 240 g/mol. The number of nitrogen functional groups attached to an aromatic ring is 1. The van der Waals surface area contributed by atoms with Crippen molar-refractivity contribution in [2.45, 2.75) is 6.54 Å². The summed E-state index contributed by atoms with van der Waals surface area (Å²) in [5, 5.41) is 8.87. The Morgan fingerprint density at radius 1 is 1.29 bits per heavy atom. The van der Waals surface area contributed by atoms with Crippen LogP contribution in [0.4, 0.5) is 5.69 Å². The zero-order valence-corrected chi connectivity index (χ0v) is 10.6. The molecular formula is C12H20N2O3. The number of aliphatic hydroxyl groups is 1. The van der Waals surface area contributed by atoms with Gasteiger partial charge in [-0.2, -0.15) is 0 Å². The molecule has 0 aliphatic rings. The number of likely N-dealkylation sites (N-methyl/N-ethyl adjacent to an activating group) is 1. The number of nitrogens with zero attached hydrogens (tertiary/aromatic N) is 1. The van der Waals surface area contributed by atoms with Gasteiger partial charge in [-0.15, -0.1) is 0 Å². The van der Waals surface area contributed by atoms with E-state index < -0.39 is 0 Å². The number of ether oxygens (including phenoxy) is 2. The average Bonchev–Trinajstić information content (AvgIpc) is 2.28. The molecule has 0 spiro atoms. The first-order valence-electron chi connectivity index (χ1n) is 5.42. The van der Waals surface area contributed by atoms with Gasteiger partial charge in [0.1, 0.15) is 0 Å². The maximum atomic E-state index is 8.87. The van der Waals surface area contributed by atoms with Gasteiger partial charge in [0.25, 0.3) is 0 Å². The largest absolute Gasteiger partial charge is 0.493 e. The van der Waals surface area contributed by atoms with Crippen molar-refractivity contribution in [3.8, 4) is 11.5 Å². The Morgan fingerprint density at radius 2 is 2.00 bits per heavy atom. The van der Waals surface area contributed by atoms with E-state index in [2.05, 4.69) is 0 Å². The molecule has 0 aliphatic carbocycles. The molecule has 1 aromatic rings. The highest BCUT2D eigenvalue weighted by Gasteiger charge is 2.12. The first kappa shape index (κ1) is 13.6. The van der Waals surface area contributed by atoms with Crippen LogP contribution in [0, 0.1) is 0 Å². The summed E-state index contributed by atoms with van der Waals surface area (Å²) < 4.78 is 10.6. The zero-order valence-electron chi connectivity index (χ0n) is 10.6. The molecular weight excluding hydrogens is 220 g/mol. The van der Waals surface area contributed by atoms with E-state index in [1.54, 1.807) is 20.3 Å². The van der Waals surface area contributed by atoms with Gasteiger partial charge in [-0.05, 0) is 13.1 Å². The molecule has 0 aromatic heterocycles. The van der Waals surface area contributed by atoms with E-state index in [-0.39, 0.29) is 6.61 Å². The zero-order chi connectivity index (χ0) is 12.8. The third kappa shape index (κ3) is 3.51. The lowest BCUT2D eigenvalue weighted by Crippen LogP contribution is -2.22. The highest BCUT2D eigenvalue weighted by molar-refractivity contribution is 5.57. The Balaban J connectivity index is 3.00. The minimum Gasteiger partial charge on any atom is -0.493 e. The normalized spacial score (nSPS) is 10.6. The summed E-state index contributed by atoms with van der Waals surface area (Å²) in [5.41, 5.74) is 7.38. The SMILES string of the molecule is COc1cc(N)cc(CN(C)CCO)c1OC. The molecule has 0 aliphatic heterocycles. The standard InChI is InChI=1S/C12H20N2O3/c1-14(4-5-15)8-9-6-10(13)7-11(16-2)12(9)17-3/h6-7,15H,4-5,8,13H2,1-3H3. The Kier molecular flexibility index (Phi) is 5.06. The number of hydrogen-bond donors (Lipinski definition) is 2. The third-order valence-corrected chi connectivity index (χ3v) is 2.50. The second kappa shape index (κ2) is 6.32. The summed E-state index contributed by atoms with van der Waals surface area (Å²) >= 11 is 0. The van der Waals surface area contributed by atoms with Crippen LogP contribution in [0.5, 0.6) is 11.5 Å². The van der Waals surface area contributed by atoms with E-state index in [0.717, 1.165) is 5.56 Å². The lowest BCUT2D eigenvalue weighted by Gasteiger charge is -2.19. The van der Waals surface area contributed by atoms with Gasteiger partial charge in [0, 0.05) is 30.4 Å². The van der Waals surface area contributed by atoms with Crippen molar-refractivity contribution in [2.24, 2.45) is 0 Å². The van der Waals surface area contributed by atoms with Crippen LogP contribution in [0.15, 0.2) is 12.1 Å². The quantitative estimate of drug-likeness (QED) is 0.717. The monoisotopic (exact) mass is 240 g/mol. The van der Waals surface area contributed by atoms with Gasteiger partial charge >= 0.3 is 0 Å². The van der Waals surface area contributed by atoms with Gasteiger partial charge in [0.05, 0.1) is 20.8 Å². The number of anilines is 1. The lowest BCUT2D eigenvalue weighted by molar-refractivity contribution is 0.215. The Hall–Kier alpha value is -1.46. The van der Waals surface area contributed by atoms with E-state index >= 15 is 0 Å². The minimum atomic E-state index is 0.123. The number of benzene rings is 1. The fourth-order valence-electron chi connectivity index (χ4n) is 1.72. The molecule has 0 saturated carbocycles. The van der Waals surface area contributed by atoms with Gasteiger partial charge in [0.15, 0.2) is 11.5 Å². The third-order valence-electron chi connectivity index (χ3n) is 2.50. The molecule has 0 heterocycles. The van der Waals surface area contributed by atoms with Crippen molar-refractivity contribution < 1.29 is 14.6 Å². The predicted molar refractivity (Wildman–Crippen MR) is 67.4 cm³/mol. The van der Waals surface area contributed by atoms with Gasteiger partial charge in [-0.25, -0.2) is 0 Å². The second-order valence-electron chi connectivity index (χ2n) is 3.88. The molecule has 1 rings (SSSR count). The number of methoxy groups -OCH3 is 2. The van der Waals surface area contributed by atoms with Crippen LogP contribution in [0.25, 0.3) is 0 Å². The molecule has 3 N–H and O–H groups in total. The van der Waals surface area contributed by atoms with Gasteiger partial charge in [-0.3, -0.25) is 4.90 Å². The molecule has 5 heteroatoms. The molecule has 1 aromatic carbocycles. The van der Waals surface area contributed by atoms with Crippen molar-refractivity contribution in [1.29, 1.82) is 0 Å². The number of rotatable bonds is 6. The first-order chi connectivity index (χ1) is 8.12. The van der Waals surface area contributed by atoms with Gasteiger partial charge in [0.2, 0.25) is 0 Å². The Labute approximate surface area is 102 Å². The van der Waals surface area contributed by atoms with Crippen LogP contribution in [0.2, 0.25) is 0 Å². The Morgan fingerprint density at radius 3 is 2.53 bits per heavy atom. The van der Waals surface area contributed by atoms with Crippen molar-refractivity contribution in [1.82, 2.24) is 4.90 Å². The van der Waals surface area contributed by atoms with Gasteiger partial charge in [-0.1, -0.05) is 0 Å².